The van der Waals surface area contributed by atoms with Gasteiger partial charge in [-0.25, -0.2) is 4.98 Å². The highest BCUT2D eigenvalue weighted by atomic mass is 19.4. The Kier molecular flexibility index (Phi) is 6.81. The largest absolute Gasteiger partial charge is 0.493 e. The van der Waals surface area contributed by atoms with Crippen molar-refractivity contribution in [1.82, 2.24) is 14.9 Å². The minimum atomic E-state index is -4.44. The van der Waals surface area contributed by atoms with Gasteiger partial charge in [0.2, 0.25) is 6.41 Å². The number of amides is 1. The van der Waals surface area contributed by atoms with Crippen LogP contribution in [-0.2, 0) is 11.0 Å². The van der Waals surface area contributed by atoms with E-state index in [4.69, 9.17) is 9.72 Å². The van der Waals surface area contributed by atoms with Gasteiger partial charge in [0.05, 0.1) is 24.1 Å². The molecule has 0 radical (unpaired) electrons. The van der Waals surface area contributed by atoms with Crippen molar-refractivity contribution in [2.24, 2.45) is 5.92 Å². The van der Waals surface area contributed by atoms with Crippen LogP contribution in [0.3, 0.4) is 0 Å². The van der Waals surface area contributed by atoms with E-state index >= 15 is 0 Å². The van der Waals surface area contributed by atoms with Gasteiger partial charge in [-0.05, 0) is 37.8 Å². The Hall–Kier alpha value is -2.84. The van der Waals surface area contributed by atoms with Crippen LogP contribution in [0.1, 0.15) is 42.9 Å². The van der Waals surface area contributed by atoms with E-state index in [0.717, 1.165) is 69.3 Å². The summed E-state index contributed by atoms with van der Waals surface area (Å²) in [6, 6.07) is 5.34. The molecule has 2 fully saturated rings. The lowest BCUT2D eigenvalue weighted by Crippen LogP contribution is -2.38. The minimum absolute atomic E-state index is 0.103. The SMILES string of the molecule is O=CN1CCC(c2cncc(N3CCCC(COc4ccccc4C(F)(F)F)C3)n2)CC1. The molecule has 0 saturated carbocycles. The molecule has 4 rings (SSSR count). The lowest BCUT2D eigenvalue weighted by atomic mass is 9.94. The summed E-state index contributed by atoms with van der Waals surface area (Å²) in [5, 5.41) is 0. The van der Waals surface area contributed by atoms with Gasteiger partial charge in [-0.1, -0.05) is 12.1 Å². The average Bonchev–Trinajstić information content (AvgIpc) is 2.83. The van der Waals surface area contributed by atoms with Gasteiger partial charge in [-0.3, -0.25) is 9.78 Å². The maximum absolute atomic E-state index is 13.2. The topological polar surface area (TPSA) is 58.6 Å². The third-order valence-electron chi connectivity index (χ3n) is 6.25. The Labute approximate surface area is 185 Å². The number of hydrogen-bond acceptors (Lipinski definition) is 5. The fourth-order valence-corrected chi connectivity index (χ4v) is 4.46. The van der Waals surface area contributed by atoms with E-state index in [2.05, 4.69) is 9.88 Å². The van der Waals surface area contributed by atoms with Crippen molar-refractivity contribution in [3.63, 3.8) is 0 Å². The van der Waals surface area contributed by atoms with Crippen LogP contribution in [0.5, 0.6) is 5.75 Å². The molecule has 2 aliphatic rings. The standard InChI is InChI=1S/C23H27F3N4O2/c24-23(25,26)19-5-1-2-6-21(19)32-15-17-4-3-9-30(14-17)22-13-27-12-20(28-22)18-7-10-29(16-31)11-8-18/h1-2,5-6,12-13,16-18H,3-4,7-11,14-15H2. The maximum atomic E-state index is 13.2. The molecule has 32 heavy (non-hydrogen) atoms. The van der Waals surface area contributed by atoms with Gasteiger partial charge in [-0.2, -0.15) is 13.2 Å². The van der Waals surface area contributed by atoms with E-state index in [1.165, 1.54) is 12.1 Å². The number of nitrogens with zero attached hydrogens (tertiary/aromatic N) is 4. The van der Waals surface area contributed by atoms with E-state index in [0.29, 0.717) is 6.54 Å². The second-order valence-corrected chi connectivity index (χ2v) is 8.48. The number of halogens is 3. The molecule has 2 aromatic rings. The molecule has 3 heterocycles. The fraction of sp³-hybridized carbons (Fsp3) is 0.522. The molecule has 172 valence electrons. The van der Waals surface area contributed by atoms with E-state index < -0.39 is 11.7 Å². The molecule has 1 amide bonds. The number of carbonyl (C=O) groups excluding carboxylic acids is 1. The molecule has 1 unspecified atom stereocenters. The Morgan fingerprint density at radius 1 is 1.09 bits per heavy atom. The van der Waals surface area contributed by atoms with Crippen molar-refractivity contribution < 1.29 is 22.7 Å². The molecule has 0 aliphatic carbocycles. The number of para-hydroxylation sites is 1. The second kappa shape index (κ2) is 9.75. The number of hydrogen-bond donors (Lipinski definition) is 0. The second-order valence-electron chi connectivity index (χ2n) is 8.48. The summed E-state index contributed by atoms with van der Waals surface area (Å²) in [5.74, 6) is 1.05. The van der Waals surface area contributed by atoms with E-state index in [-0.39, 0.29) is 24.2 Å². The molecular weight excluding hydrogens is 421 g/mol. The lowest BCUT2D eigenvalue weighted by molar-refractivity contribution is -0.139. The Balaban J connectivity index is 1.38. The molecule has 0 spiro atoms. The average molecular weight is 448 g/mol. The quantitative estimate of drug-likeness (QED) is 0.622. The lowest BCUT2D eigenvalue weighted by Gasteiger charge is -2.34. The number of anilines is 1. The number of rotatable bonds is 6. The number of aromatic nitrogens is 2. The monoisotopic (exact) mass is 448 g/mol. The van der Waals surface area contributed by atoms with Crippen molar-refractivity contribution in [2.75, 3.05) is 37.7 Å². The number of carbonyl (C=O) groups is 1. The van der Waals surface area contributed by atoms with Crippen LogP contribution in [0.4, 0.5) is 19.0 Å². The number of alkyl halides is 3. The van der Waals surface area contributed by atoms with Crippen molar-refractivity contribution in [2.45, 2.75) is 37.8 Å². The smallest absolute Gasteiger partial charge is 0.419 e. The predicted octanol–water partition coefficient (Wildman–Crippen LogP) is 4.13. The van der Waals surface area contributed by atoms with E-state index in [1.54, 1.807) is 23.4 Å². The highest BCUT2D eigenvalue weighted by Gasteiger charge is 2.34. The first kappa shape index (κ1) is 22.4. The zero-order valence-electron chi connectivity index (χ0n) is 17.8. The van der Waals surface area contributed by atoms with Gasteiger partial charge < -0.3 is 14.5 Å². The van der Waals surface area contributed by atoms with Gasteiger partial charge in [-0.15, -0.1) is 0 Å². The van der Waals surface area contributed by atoms with Crippen LogP contribution in [0.15, 0.2) is 36.7 Å². The number of likely N-dealkylation sites (tertiary alicyclic amines) is 1. The first-order chi connectivity index (χ1) is 15.4. The van der Waals surface area contributed by atoms with Crippen LogP contribution < -0.4 is 9.64 Å². The first-order valence-corrected chi connectivity index (χ1v) is 11.0. The molecular formula is C23H27F3N4O2. The Bertz CT molecular complexity index is 916. The number of benzene rings is 1. The summed E-state index contributed by atoms with van der Waals surface area (Å²) in [6.07, 6.45) is 3.53. The van der Waals surface area contributed by atoms with Crippen LogP contribution in [0.25, 0.3) is 0 Å². The van der Waals surface area contributed by atoms with Gasteiger partial charge in [0.25, 0.3) is 0 Å². The van der Waals surface area contributed by atoms with Crippen LogP contribution in [-0.4, -0.2) is 54.1 Å². The molecule has 9 heteroatoms. The highest BCUT2D eigenvalue weighted by Crippen LogP contribution is 2.36. The molecule has 0 bridgehead atoms. The zero-order chi connectivity index (χ0) is 22.6. The van der Waals surface area contributed by atoms with Gasteiger partial charge in [0, 0.05) is 44.2 Å². The van der Waals surface area contributed by atoms with Crippen LogP contribution in [0.2, 0.25) is 0 Å². The minimum Gasteiger partial charge on any atom is -0.493 e. The highest BCUT2D eigenvalue weighted by molar-refractivity contribution is 5.47. The van der Waals surface area contributed by atoms with Crippen molar-refractivity contribution >= 4 is 12.2 Å². The molecule has 2 aliphatic heterocycles. The normalized spacial score (nSPS) is 20.3. The summed E-state index contributed by atoms with van der Waals surface area (Å²) in [6.45, 7) is 3.17. The Morgan fingerprint density at radius 2 is 1.88 bits per heavy atom. The molecule has 2 saturated heterocycles. The summed E-state index contributed by atoms with van der Waals surface area (Å²) >= 11 is 0. The molecule has 6 nitrogen and oxygen atoms in total. The zero-order valence-corrected chi connectivity index (χ0v) is 17.8. The van der Waals surface area contributed by atoms with Gasteiger partial charge in [0.15, 0.2) is 0 Å². The summed E-state index contributed by atoms with van der Waals surface area (Å²) in [4.78, 5) is 24.1. The van der Waals surface area contributed by atoms with Gasteiger partial charge in [0.1, 0.15) is 11.6 Å². The van der Waals surface area contributed by atoms with Crippen molar-refractivity contribution in [1.29, 1.82) is 0 Å². The van der Waals surface area contributed by atoms with Crippen LogP contribution in [0, 0.1) is 5.92 Å². The Morgan fingerprint density at radius 3 is 2.62 bits per heavy atom. The first-order valence-electron chi connectivity index (χ1n) is 11.0. The van der Waals surface area contributed by atoms with Crippen molar-refractivity contribution in [3.05, 3.63) is 47.9 Å². The van der Waals surface area contributed by atoms with E-state index in [9.17, 15) is 18.0 Å². The predicted molar refractivity (Wildman–Crippen MR) is 114 cm³/mol. The maximum Gasteiger partial charge on any atom is 0.419 e. The fourth-order valence-electron chi connectivity index (χ4n) is 4.46. The van der Waals surface area contributed by atoms with Gasteiger partial charge >= 0.3 is 6.18 Å². The van der Waals surface area contributed by atoms with E-state index in [1.807, 2.05) is 0 Å². The molecule has 1 aromatic carbocycles. The van der Waals surface area contributed by atoms with Crippen LogP contribution >= 0.6 is 0 Å². The molecule has 1 atom stereocenters. The number of ether oxygens (including phenoxy) is 1. The van der Waals surface area contributed by atoms with Crippen molar-refractivity contribution in [3.8, 4) is 5.75 Å². The molecule has 0 N–H and O–H groups in total. The summed E-state index contributed by atoms with van der Waals surface area (Å²) in [5.41, 5.74) is 0.192. The molecule has 1 aromatic heterocycles. The third kappa shape index (κ3) is 5.31. The summed E-state index contributed by atoms with van der Waals surface area (Å²) < 4.78 is 45.2. The summed E-state index contributed by atoms with van der Waals surface area (Å²) in [7, 11) is 0. The third-order valence-corrected chi connectivity index (χ3v) is 6.25. The number of piperidine rings is 2.